The molecule has 2 aliphatic rings. The molecule has 3 heterocycles. The maximum Gasteiger partial charge on any atom is 0.317 e. The highest BCUT2D eigenvalue weighted by Crippen LogP contribution is 2.27. The molecule has 2 aromatic rings. The zero-order valence-corrected chi connectivity index (χ0v) is 14.4. The van der Waals surface area contributed by atoms with Crippen LogP contribution in [-0.2, 0) is 25.8 Å². The smallest absolute Gasteiger partial charge is 0.317 e. The summed E-state index contributed by atoms with van der Waals surface area (Å²) in [6, 6.07) is 7.98. The van der Waals surface area contributed by atoms with Gasteiger partial charge in [-0.3, -0.25) is 0 Å². The van der Waals surface area contributed by atoms with Crippen LogP contribution in [0.2, 0.25) is 0 Å². The molecule has 0 spiro atoms. The number of carbonyl (C=O) groups is 1. The Bertz CT molecular complexity index is 768. The lowest BCUT2D eigenvalue weighted by atomic mass is 10.1. The summed E-state index contributed by atoms with van der Waals surface area (Å²) in [4.78, 5) is 23.2. The summed E-state index contributed by atoms with van der Waals surface area (Å²) in [5.41, 5.74) is 3.33. The molecule has 1 aromatic heterocycles. The van der Waals surface area contributed by atoms with Crippen molar-refractivity contribution in [3.05, 3.63) is 53.1 Å². The third-order valence-electron chi connectivity index (χ3n) is 4.79. The van der Waals surface area contributed by atoms with Gasteiger partial charge in [0.1, 0.15) is 17.7 Å². The molecule has 1 unspecified atom stereocenters. The number of benzene rings is 1. The number of aryl methyl sites for hydroxylation is 1. The van der Waals surface area contributed by atoms with E-state index < -0.39 is 0 Å². The first-order chi connectivity index (χ1) is 12.2. The van der Waals surface area contributed by atoms with Crippen molar-refractivity contribution in [2.45, 2.75) is 38.8 Å². The number of nitrogens with one attached hydrogen (secondary N) is 1. The number of amides is 2. The maximum atomic E-state index is 12.5. The van der Waals surface area contributed by atoms with Crippen molar-refractivity contribution in [1.82, 2.24) is 20.2 Å². The highest BCUT2D eigenvalue weighted by atomic mass is 16.5. The van der Waals surface area contributed by atoms with E-state index in [-0.39, 0.29) is 12.1 Å². The molecule has 4 rings (SSSR count). The number of aromatic nitrogens is 2. The van der Waals surface area contributed by atoms with E-state index >= 15 is 0 Å². The number of hydrogen-bond acceptors (Lipinski definition) is 4. The fourth-order valence-corrected chi connectivity index (χ4v) is 3.37. The number of urea groups is 1. The molecule has 2 amide bonds. The molecule has 1 N–H and O–H groups in total. The van der Waals surface area contributed by atoms with Crippen LogP contribution in [0.15, 0.2) is 30.5 Å². The van der Waals surface area contributed by atoms with Gasteiger partial charge >= 0.3 is 6.03 Å². The highest BCUT2D eigenvalue weighted by molar-refractivity contribution is 5.74. The SMILES string of the molecule is CCc1ncc2c(n1)CN(C(=O)NCC1Cc3ccccc3O1)CC2. The Labute approximate surface area is 147 Å². The minimum atomic E-state index is -0.0538. The molecule has 25 heavy (non-hydrogen) atoms. The number of carbonyl (C=O) groups excluding carboxylic acids is 1. The molecular weight excluding hydrogens is 316 g/mol. The summed E-state index contributed by atoms with van der Waals surface area (Å²) in [7, 11) is 0. The van der Waals surface area contributed by atoms with Crippen LogP contribution in [0.5, 0.6) is 5.75 Å². The fourth-order valence-electron chi connectivity index (χ4n) is 3.37. The first-order valence-corrected chi connectivity index (χ1v) is 8.84. The second-order valence-corrected chi connectivity index (χ2v) is 6.52. The Morgan fingerprint density at radius 1 is 1.36 bits per heavy atom. The fraction of sp³-hybridized carbons (Fsp3) is 0.421. The predicted molar refractivity (Wildman–Crippen MR) is 93.5 cm³/mol. The van der Waals surface area contributed by atoms with Gasteiger partial charge in [-0.25, -0.2) is 14.8 Å². The quantitative estimate of drug-likeness (QED) is 0.931. The maximum absolute atomic E-state index is 12.5. The molecule has 0 fully saturated rings. The van der Waals surface area contributed by atoms with Gasteiger partial charge in [0.05, 0.1) is 18.8 Å². The Balaban J connectivity index is 1.33. The standard InChI is InChI=1S/C19H22N4O2/c1-2-18-20-10-14-7-8-23(12-16(14)22-18)19(24)21-11-15-9-13-5-3-4-6-17(13)25-15/h3-6,10,15H,2,7-9,11-12H2,1H3,(H,21,24). The molecule has 1 aromatic carbocycles. The van der Waals surface area contributed by atoms with Crippen molar-refractivity contribution in [3.8, 4) is 5.75 Å². The van der Waals surface area contributed by atoms with Crippen LogP contribution >= 0.6 is 0 Å². The second kappa shape index (κ2) is 6.70. The molecule has 0 saturated heterocycles. The lowest BCUT2D eigenvalue weighted by Crippen LogP contribution is -2.46. The van der Waals surface area contributed by atoms with Crippen molar-refractivity contribution in [2.24, 2.45) is 0 Å². The Morgan fingerprint density at radius 2 is 2.24 bits per heavy atom. The average Bonchev–Trinajstić information content (AvgIpc) is 3.08. The van der Waals surface area contributed by atoms with Crippen LogP contribution in [0.3, 0.4) is 0 Å². The minimum Gasteiger partial charge on any atom is -0.488 e. The van der Waals surface area contributed by atoms with Crippen molar-refractivity contribution >= 4 is 6.03 Å². The van der Waals surface area contributed by atoms with E-state index in [1.54, 1.807) is 0 Å². The summed E-state index contributed by atoms with van der Waals surface area (Å²) in [5, 5.41) is 3.01. The molecule has 6 heteroatoms. The Morgan fingerprint density at radius 3 is 3.08 bits per heavy atom. The number of nitrogens with zero attached hydrogens (tertiary/aromatic N) is 3. The van der Waals surface area contributed by atoms with Crippen molar-refractivity contribution in [2.75, 3.05) is 13.1 Å². The zero-order valence-electron chi connectivity index (χ0n) is 14.4. The van der Waals surface area contributed by atoms with E-state index in [2.05, 4.69) is 21.4 Å². The van der Waals surface area contributed by atoms with Gasteiger partial charge in [0.2, 0.25) is 0 Å². The molecule has 0 radical (unpaired) electrons. The summed E-state index contributed by atoms with van der Waals surface area (Å²) in [5.74, 6) is 1.76. The van der Waals surface area contributed by atoms with Crippen LogP contribution in [0.25, 0.3) is 0 Å². The molecule has 6 nitrogen and oxygen atoms in total. The molecule has 1 atom stereocenters. The van der Waals surface area contributed by atoms with Gasteiger partial charge in [-0.05, 0) is 23.6 Å². The molecule has 0 bridgehead atoms. The van der Waals surface area contributed by atoms with Crippen LogP contribution < -0.4 is 10.1 Å². The summed E-state index contributed by atoms with van der Waals surface area (Å²) in [6.07, 6.45) is 4.36. The van der Waals surface area contributed by atoms with E-state index in [9.17, 15) is 4.79 Å². The molecule has 2 aliphatic heterocycles. The summed E-state index contributed by atoms with van der Waals surface area (Å²) < 4.78 is 5.88. The predicted octanol–water partition coefficient (Wildman–Crippen LogP) is 2.11. The van der Waals surface area contributed by atoms with Gasteiger partial charge in [-0.15, -0.1) is 0 Å². The van der Waals surface area contributed by atoms with Gasteiger partial charge in [0, 0.05) is 25.6 Å². The lowest BCUT2D eigenvalue weighted by molar-refractivity contribution is 0.179. The first-order valence-electron chi connectivity index (χ1n) is 8.84. The third-order valence-corrected chi connectivity index (χ3v) is 4.79. The number of ether oxygens (including phenoxy) is 1. The number of fused-ring (bicyclic) bond motifs is 2. The Hall–Kier alpha value is -2.63. The molecular formula is C19H22N4O2. The van der Waals surface area contributed by atoms with E-state index in [0.29, 0.717) is 19.6 Å². The number of hydrogen-bond donors (Lipinski definition) is 1. The highest BCUT2D eigenvalue weighted by Gasteiger charge is 2.25. The first kappa shape index (κ1) is 15.9. The molecule has 0 aliphatic carbocycles. The van der Waals surface area contributed by atoms with Gasteiger partial charge in [-0.1, -0.05) is 25.1 Å². The average molecular weight is 338 g/mol. The normalized spacial score (nSPS) is 18.3. The van der Waals surface area contributed by atoms with E-state index in [0.717, 1.165) is 42.1 Å². The van der Waals surface area contributed by atoms with Gasteiger partial charge in [0.15, 0.2) is 0 Å². The number of rotatable bonds is 3. The molecule has 130 valence electrons. The molecule has 0 saturated carbocycles. The van der Waals surface area contributed by atoms with E-state index in [1.807, 2.05) is 36.2 Å². The van der Waals surface area contributed by atoms with Gasteiger partial charge < -0.3 is 15.0 Å². The van der Waals surface area contributed by atoms with Crippen LogP contribution in [-0.4, -0.2) is 40.1 Å². The van der Waals surface area contributed by atoms with Crippen molar-refractivity contribution in [1.29, 1.82) is 0 Å². The monoisotopic (exact) mass is 338 g/mol. The lowest BCUT2D eigenvalue weighted by Gasteiger charge is -2.28. The van der Waals surface area contributed by atoms with Gasteiger partial charge in [0.25, 0.3) is 0 Å². The largest absolute Gasteiger partial charge is 0.488 e. The summed E-state index contributed by atoms with van der Waals surface area (Å²) >= 11 is 0. The van der Waals surface area contributed by atoms with Crippen LogP contribution in [0.1, 0.15) is 29.6 Å². The third kappa shape index (κ3) is 3.29. The van der Waals surface area contributed by atoms with E-state index in [4.69, 9.17) is 4.74 Å². The van der Waals surface area contributed by atoms with Crippen LogP contribution in [0.4, 0.5) is 4.79 Å². The minimum absolute atomic E-state index is 0.00689. The van der Waals surface area contributed by atoms with E-state index in [1.165, 1.54) is 5.56 Å². The number of para-hydroxylation sites is 1. The zero-order chi connectivity index (χ0) is 17.2. The topological polar surface area (TPSA) is 67.4 Å². The van der Waals surface area contributed by atoms with Crippen molar-refractivity contribution in [3.63, 3.8) is 0 Å². The summed E-state index contributed by atoms with van der Waals surface area (Å²) in [6.45, 7) is 3.79. The van der Waals surface area contributed by atoms with Crippen LogP contribution in [0, 0.1) is 0 Å². The Kier molecular flexibility index (Phi) is 4.26. The van der Waals surface area contributed by atoms with Gasteiger partial charge in [-0.2, -0.15) is 0 Å². The second-order valence-electron chi connectivity index (χ2n) is 6.52. The van der Waals surface area contributed by atoms with Crippen molar-refractivity contribution < 1.29 is 9.53 Å².